The number of guanidine groups is 1. The van der Waals surface area contributed by atoms with Crippen molar-refractivity contribution in [3.8, 4) is 5.75 Å². The second-order valence-corrected chi connectivity index (χ2v) is 6.72. The molecule has 3 aromatic rings. The topological polar surface area (TPSA) is 71.7 Å². The zero-order chi connectivity index (χ0) is 20.5. The lowest BCUT2D eigenvalue weighted by Gasteiger charge is -2.10. The number of aryl methyl sites for hydroxylation is 2. The number of aliphatic imine (C=N–C) groups is 1. The summed E-state index contributed by atoms with van der Waals surface area (Å²) in [6.45, 7) is 8.24. The Hall–Kier alpha value is -3.28. The van der Waals surface area contributed by atoms with E-state index in [0.717, 1.165) is 40.8 Å². The molecule has 0 saturated heterocycles. The van der Waals surface area contributed by atoms with Gasteiger partial charge in [0.2, 0.25) is 5.89 Å². The fourth-order valence-corrected chi connectivity index (χ4v) is 2.76. The lowest BCUT2D eigenvalue weighted by Crippen LogP contribution is -2.36. The summed E-state index contributed by atoms with van der Waals surface area (Å²) >= 11 is 0. The van der Waals surface area contributed by atoms with Crippen molar-refractivity contribution in [3.05, 3.63) is 83.1 Å². The number of nitrogens with one attached hydrogen (secondary N) is 2. The largest absolute Gasteiger partial charge is 0.489 e. The smallest absolute Gasteiger partial charge is 0.214 e. The summed E-state index contributed by atoms with van der Waals surface area (Å²) in [6, 6.07) is 18.2. The van der Waals surface area contributed by atoms with Gasteiger partial charge in [0, 0.05) is 6.54 Å². The highest BCUT2D eigenvalue weighted by atomic mass is 16.5. The van der Waals surface area contributed by atoms with E-state index in [1.807, 2.05) is 63.2 Å². The van der Waals surface area contributed by atoms with Gasteiger partial charge < -0.3 is 19.8 Å². The minimum atomic E-state index is 0.487. The van der Waals surface area contributed by atoms with E-state index in [-0.39, 0.29) is 0 Å². The molecular formula is C23H28N4O2. The molecule has 0 spiro atoms. The highest BCUT2D eigenvalue weighted by molar-refractivity contribution is 5.79. The van der Waals surface area contributed by atoms with Crippen LogP contribution in [0.4, 0.5) is 0 Å². The van der Waals surface area contributed by atoms with Crippen LogP contribution >= 0.6 is 0 Å². The Bertz CT molecular complexity index is 916. The summed E-state index contributed by atoms with van der Waals surface area (Å²) in [5, 5.41) is 6.50. The van der Waals surface area contributed by atoms with Gasteiger partial charge in [-0.3, -0.25) is 0 Å². The van der Waals surface area contributed by atoms with Crippen LogP contribution in [0.3, 0.4) is 0 Å². The Morgan fingerprint density at radius 1 is 1.03 bits per heavy atom. The van der Waals surface area contributed by atoms with Gasteiger partial charge in [0.25, 0.3) is 0 Å². The molecule has 152 valence electrons. The van der Waals surface area contributed by atoms with Gasteiger partial charge in [-0.05, 0) is 44.0 Å². The lowest BCUT2D eigenvalue weighted by molar-refractivity contribution is 0.306. The van der Waals surface area contributed by atoms with Gasteiger partial charge in [0.05, 0.1) is 18.8 Å². The van der Waals surface area contributed by atoms with E-state index < -0.39 is 0 Å². The number of hydrogen-bond donors (Lipinski definition) is 2. The molecule has 0 saturated carbocycles. The van der Waals surface area contributed by atoms with Gasteiger partial charge >= 0.3 is 0 Å². The van der Waals surface area contributed by atoms with Crippen LogP contribution in [-0.4, -0.2) is 17.5 Å². The molecule has 2 aromatic carbocycles. The van der Waals surface area contributed by atoms with E-state index in [9.17, 15) is 0 Å². The van der Waals surface area contributed by atoms with Crippen LogP contribution in [0.15, 0.2) is 64.0 Å². The van der Waals surface area contributed by atoms with Crippen molar-refractivity contribution >= 4 is 5.96 Å². The van der Waals surface area contributed by atoms with E-state index in [0.29, 0.717) is 25.6 Å². The first kappa shape index (κ1) is 20.5. The van der Waals surface area contributed by atoms with Gasteiger partial charge in [-0.1, -0.05) is 42.5 Å². The van der Waals surface area contributed by atoms with Crippen LogP contribution in [-0.2, 0) is 19.7 Å². The molecule has 1 heterocycles. The maximum absolute atomic E-state index is 5.91. The number of benzene rings is 2. The molecule has 1 aromatic heterocycles. The van der Waals surface area contributed by atoms with Gasteiger partial charge in [0.1, 0.15) is 18.1 Å². The molecule has 6 nitrogen and oxygen atoms in total. The Morgan fingerprint density at radius 2 is 1.83 bits per heavy atom. The van der Waals surface area contributed by atoms with E-state index in [1.54, 1.807) is 0 Å². The number of hydrogen-bond acceptors (Lipinski definition) is 4. The van der Waals surface area contributed by atoms with Gasteiger partial charge in [-0.15, -0.1) is 0 Å². The standard InChI is InChI=1S/C23H28N4O2/c1-4-24-23(26-15-22-27-17(2)18(3)29-22)25-14-20-11-8-12-21(13-20)28-16-19-9-6-5-7-10-19/h5-13H,4,14-16H2,1-3H3,(H2,24,25,26). The second kappa shape index (κ2) is 10.3. The fraction of sp³-hybridized carbons (Fsp3) is 0.304. The minimum absolute atomic E-state index is 0.487. The summed E-state index contributed by atoms with van der Waals surface area (Å²) in [6.07, 6.45) is 0. The van der Waals surface area contributed by atoms with Crippen molar-refractivity contribution in [3.63, 3.8) is 0 Å². The van der Waals surface area contributed by atoms with Crippen molar-refractivity contribution in [2.45, 2.75) is 40.5 Å². The zero-order valence-electron chi connectivity index (χ0n) is 17.2. The molecule has 0 fully saturated rings. The van der Waals surface area contributed by atoms with Gasteiger partial charge in [-0.25, -0.2) is 9.98 Å². The monoisotopic (exact) mass is 392 g/mol. The molecule has 3 rings (SSSR count). The number of rotatable bonds is 8. The number of oxazole rings is 1. The molecule has 2 N–H and O–H groups in total. The normalized spacial score (nSPS) is 11.3. The SMILES string of the molecule is CCNC(=NCc1cccc(OCc2ccccc2)c1)NCc1nc(C)c(C)o1. The summed E-state index contributed by atoms with van der Waals surface area (Å²) < 4.78 is 11.5. The van der Waals surface area contributed by atoms with Gasteiger partial charge in [-0.2, -0.15) is 0 Å². The molecule has 0 radical (unpaired) electrons. The number of ether oxygens (including phenoxy) is 1. The molecule has 0 aliphatic rings. The second-order valence-electron chi connectivity index (χ2n) is 6.72. The first-order chi connectivity index (χ1) is 14.1. The maximum atomic E-state index is 5.91. The van der Waals surface area contributed by atoms with Crippen molar-refractivity contribution in [1.82, 2.24) is 15.6 Å². The zero-order valence-corrected chi connectivity index (χ0v) is 17.2. The molecule has 0 aliphatic heterocycles. The fourth-order valence-electron chi connectivity index (χ4n) is 2.76. The van der Waals surface area contributed by atoms with Crippen LogP contribution in [0.1, 0.15) is 35.4 Å². The van der Waals surface area contributed by atoms with Crippen molar-refractivity contribution in [2.75, 3.05) is 6.54 Å². The van der Waals surface area contributed by atoms with E-state index in [4.69, 9.17) is 9.15 Å². The van der Waals surface area contributed by atoms with E-state index >= 15 is 0 Å². The van der Waals surface area contributed by atoms with E-state index in [1.165, 1.54) is 0 Å². The van der Waals surface area contributed by atoms with Crippen molar-refractivity contribution < 1.29 is 9.15 Å². The Morgan fingerprint density at radius 3 is 2.55 bits per heavy atom. The summed E-state index contributed by atoms with van der Waals surface area (Å²) in [5.74, 6) is 3.06. The van der Waals surface area contributed by atoms with Crippen molar-refractivity contribution in [1.29, 1.82) is 0 Å². The average molecular weight is 393 g/mol. The Labute approximate surface area is 172 Å². The molecule has 6 heteroatoms. The van der Waals surface area contributed by atoms with Crippen LogP contribution < -0.4 is 15.4 Å². The van der Waals surface area contributed by atoms with Gasteiger partial charge in [0.15, 0.2) is 5.96 Å². The Kier molecular flexibility index (Phi) is 7.28. The van der Waals surface area contributed by atoms with Crippen LogP contribution in [0.5, 0.6) is 5.75 Å². The van der Waals surface area contributed by atoms with E-state index in [2.05, 4.69) is 32.7 Å². The third-order valence-corrected chi connectivity index (χ3v) is 4.39. The highest BCUT2D eigenvalue weighted by Crippen LogP contribution is 2.16. The minimum Gasteiger partial charge on any atom is -0.489 e. The predicted octanol–water partition coefficient (Wildman–Crippen LogP) is 4.13. The lowest BCUT2D eigenvalue weighted by atomic mass is 10.2. The molecule has 0 amide bonds. The first-order valence-corrected chi connectivity index (χ1v) is 9.85. The molecule has 0 aliphatic carbocycles. The summed E-state index contributed by atoms with van der Waals surface area (Å²) in [4.78, 5) is 9.05. The van der Waals surface area contributed by atoms with Crippen LogP contribution in [0.25, 0.3) is 0 Å². The highest BCUT2D eigenvalue weighted by Gasteiger charge is 2.06. The Balaban J connectivity index is 1.58. The predicted molar refractivity (Wildman–Crippen MR) is 115 cm³/mol. The van der Waals surface area contributed by atoms with Crippen LogP contribution in [0.2, 0.25) is 0 Å². The molecular weight excluding hydrogens is 364 g/mol. The van der Waals surface area contributed by atoms with Crippen molar-refractivity contribution in [2.24, 2.45) is 4.99 Å². The summed E-state index contributed by atoms with van der Waals surface area (Å²) in [7, 11) is 0. The molecule has 0 bridgehead atoms. The molecule has 29 heavy (non-hydrogen) atoms. The first-order valence-electron chi connectivity index (χ1n) is 9.85. The third kappa shape index (κ3) is 6.38. The average Bonchev–Trinajstić information content (AvgIpc) is 3.07. The molecule has 0 unspecified atom stereocenters. The molecule has 0 atom stereocenters. The number of nitrogens with zero attached hydrogens (tertiary/aromatic N) is 2. The number of aromatic nitrogens is 1. The quantitative estimate of drug-likeness (QED) is 0.446. The van der Waals surface area contributed by atoms with Crippen LogP contribution in [0, 0.1) is 13.8 Å². The third-order valence-electron chi connectivity index (χ3n) is 4.39. The maximum Gasteiger partial charge on any atom is 0.214 e. The summed E-state index contributed by atoms with van der Waals surface area (Å²) in [5.41, 5.74) is 3.14.